The molecular weight excluding hydrogens is 218 g/mol. The van der Waals surface area contributed by atoms with E-state index in [9.17, 15) is 0 Å². The van der Waals surface area contributed by atoms with Gasteiger partial charge in [0.2, 0.25) is 0 Å². The largest absolute Gasteiger partial charge is 0.309 e. The third kappa shape index (κ3) is 2.62. The lowest BCUT2D eigenvalue weighted by molar-refractivity contribution is 0.683. The highest BCUT2D eigenvalue weighted by Gasteiger charge is 2.14. The summed E-state index contributed by atoms with van der Waals surface area (Å²) in [4.78, 5) is 0. The van der Waals surface area contributed by atoms with Crippen molar-refractivity contribution in [3.63, 3.8) is 0 Å². The van der Waals surface area contributed by atoms with Gasteiger partial charge in [-0.15, -0.1) is 0 Å². The van der Waals surface area contributed by atoms with Crippen molar-refractivity contribution in [3.8, 4) is 0 Å². The molecule has 0 heterocycles. The fraction of sp³-hybridized carbons (Fsp3) is 0.294. The quantitative estimate of drug-likeness (QED) is 0.854. The van der Waals surface area contributed by atoms with Gasteiger partial charge in [0.05, 0.1) is 6.04 Å². The van der Waals surface area contributed by atoms with Crippen LogP contribution >= 0.6 is 0 Å². The average Bonchev–Trinajstić information content (AvgIpc) is 2.40. The molecule has 0 amide bonds. The molecule has 0 bridgehead atoms. The average molecular weight is 239 g/mol. The standard InChI is InChI=1S/C17H21N/c1-4-14-9-5-6-11-16(14)17(18-3)15-10-7-8-13(2)12-15/h5-12,17-18H,4H2,1-3H3. The minimum absolute atomic E-state index is 0.279. The Balaban J connectivity index is 2.45. The van der Waals surface area contributed by atoms with E-state index in [0.717, 1.165) is 6.42 Å². The first-order valence-corrected chi connectivity index (χ1v) is 6.58. The molecule has 2 aromatic carbocycles. The molecule has 18 heavy (non-hydrogen) atoms. The zero-order valence-corrected chi connectivity index (χ0v) is 11.4. The molecule has 1 heteroatoms. The molecule has 0 fully saturated rings. The summed E-state index contributed by atoms with van der Waals surface area (Å²) in [6.07, 6.45) is 1.07. The Kier molecular flexibility index (Phi) is 4.16. The van der Waals surface area contributed by atoms with Crippen LogP contribution in [0.1, 0.15) is 35.2 Å². The molecule has 0 radical (unpaired) electrons. The Hall–Kier alpha value is -1.60. The highest BCUT2D eigenvalue weighted by molar-refractivity contribution is 5.38. The fourth-order valence-electron chi connectivity index (χ4n) is 2.49. The van der Waals surface area contributed by atoms with Crippen LogP contribution in [0, 0.1) is 6.92 Å². The minimum atomic E-state index is 0.279. The van der Waals surface area contributed by atoms with E-state index in [4.69, 9.17) is 0 Å². The smallest absolute Gasteiger partial charge is 0.0577 e. The number of aryl methyl sites for hydroxylation is 2. The molecule has 94 valence electrons. The zero-order chi connectivity index (χ0) is 13.0. The summed E-state index contributed by atoms with van der Waals surface area (Å²) in [6, 6.07) is 17.7. The van der Waals surface area contributed by atoms with Gasteiger partial charge in [0.1, 0.15) is 0 Å². The van der Waals surface area contributed by atoms with Crippen LogP contribution in [-0.4, -0.2) is 7.05 Å². The summed E-state index contributed by atoms with van der Waals surface area (Å²) in [6.45, 7) is 4.35. The lowest BCUT2D eigenvalue weighted by Crippen LogP contribution is -2.19. The van der Waals surface area contributed by atoms with Crippen molar-refractivity contribution < 1.29 is 0 Å². The Bertz CT molecular complexity index is 517. The van der Waals surface area contributed by atoms with Crippen LogP contribution in [0.2, 0.25) is 0 Å². The maximum atomic E-state index is 3.44. The highest BCUT2D eigenvalue weighted by atomic mass is 14.9. The lowest BCUT2D eigenvalue weighted by Gasteiger charge is -2.20. The third-order valence-electron chi connectivity index (χ3n) is 3.41. The summed E-state index contributed by atoms with van der Waals surface area (Å²) in [7, 11) is 2.03. The molecule has 0 spiro atoms. The Morgan fingerprint density at radius 1 is 1.06 bits per heavy atom. The van der Waals surface area contributed by atoms with Crippen molar-refractivity contribution in [2.75, 3.05) is 7.05 Å². The lowest BCUT2D eigenvalue weighted by atomic mass is 9.93. The van der Waals surface area contributed by atoms with Crippen molar-refractivity contribution in [2.45, 2.75) is 26.3 Å². The molecule has 1 N–H and O–H groups in total. The number of benzene rings is 2. The second-order valence-electron chi connectivity index (χ2n) is 4.69. The van der Waals surface area contributed by atoms with E-state index >= 15 is 0 Å². The van der Waals surface area contributed by atoms with Crippen molar-refractivity contribution >= 4 is 0 Å². The van der Waals surface area contributed by atoms with Gasteiger partial charge >= 0.3 is 0 Å². The maximum absolute atomic E-state index is 3.44. The van der Waals surface area contributed by atoms with E-state index in [1.54, 1.807) is 0 Å². The van der Waals surface area contributed by atoms with Crippen LogP contribution in [0.5, 0.6) is 0 Å². The van der Waals surface area contributed by atoms with E-state index in [0.29, 0.717) is 0 Å². The summed E-state index contributed by atoms with van der Waals surface area (Å²) in [5.41, 5.74) is 5.44. The molecule has 2 rings (SSSR count). The minimum Gasteiger partial charge on any atom is -0.309 e. The van der Waals surface area contributed by atoms with Gasteiger partial charge in [-0.3, -0.25) is 0 Å². The second-order valence-corrected chi connectivity index (χ2v) is 4.69. The Labute approximate surface area is 110 Å². The number of rotatable bonds is 4. The Morgan fingerprint density at radius 2 is 1.83 bits per heavy atom. The highest BCUT2D eigenvalue weighted by Crippen LogP contribution is 2.25. The molecule has 0 saturated heterocycles. The van der Waals surface area contributed by atoms with Crippen LogP contribution in [-0.2, 0) is 6.42 Å². The van der Waals surface area contributed by atoms with Gasteiger partial charge in [-0.2, -0.15) is 0 Å². The van der Waals surface area contributed by atoms with Gasteiger partial charge in [0.15, 0.2) is 0 Å². The molecule has 0 aromatic heterocycles. The van der Waals surface area contributed by atoms with Gasteiger partial charge in [0, 0.05) is 0 Å². The molecule has 1 nitrogen and oxygen atoms in total. The van der Waals surface area contributed by atoms with E-state index < -0.39 is 0 Å². The molecule has 0 aliphatic rings. The number of nitrogens with one attached hydrogen (secondary N) is 1. The van der Waals surface area contributed by atoms with Crippen LogP contribution in [0.4, 0.5) is 0 Å². The van der Waals surface area contributed by atoms with Crippen LogP contribution < -0.4 is 5.32 Å². The fourth-order valence-corrected chi connectivity index (χ4v) is 2.49. The first-order chi connectivity index (χ1) is 8.76. The summed E-state index contributed by atoms with van der Waals surface area (Å²) < 4.78 is 0. The predicted octanol–water partition coefficient (Wildman–Crippen LogP) is 3.87. The topological polar surface area (TPSA) is 12.0 Å². The van der Waals surface area contributed by atoms with E-state index in [1.807, 2.05) is 7.05 Å². The SMILES string of the molecule is CCc1ccccc1C(NC)c1cccc(C)c1. The normalized spacial score (nSPS) is 12.4. The molecule has 2 aromatic rings. The van der Waals surface area contributed by atoms with E-state index in [1.165, 1.54) is 22.3 Å². The first-order valence-electron chi connectivity index (χ1n) is 6.58. The molecule has 1 unspecified atom stereocenters. The van der Waals surface area contributed by atoms with Gasteiger partial charge in [0.25, 0.3) is 0 Å². The predicted molar refractivity (Wildman–Crippen MR) is 77.9 cm³/mol. The summed E-state index contributed by atoms with van der Waals surface area (Å²) in [5, 5.41) is 3.44. The Morgan fingerprint density at radius 3 is 2.50 bits per heavy atom. The molecule has 0 aliphatic heterocycles. The van der Waals surface area contributed by atoms with Crippen molar-refractivity contribution in [1.29, 1.82) is 0 Å². The second kappa shape index (κ2) is 5.83. The molecule has 0 saturated carbocycles. The van der Waals surface area contributed by atoms with Crippen LogP contribution in [0.25, 0.3) is 0 Å². The van der Waals surface area contributed by atoms with E-state index in [2.05, 4.69) is 67.7 Å². The van der Waals surface area contributed by atoms with Crippen molar-refractivity contribution in [1.82, 2.24) is 5.32 Å². The first kappa shape index (κ1) is 12.8. The molecular formula is C17H21N. The molecule has 0 aliphatic carbocycles. The van der Waals surface area contributed by atoms with Crippen LogP contribution in [0.3, 0.4) is 0 Å². The maximum Gasteiger partial charge on any atom is 0.0577 e. The van der Waals surface area contributed by atoms with Gasteiger partial charge in [-0.1, -0.05) is 61.0 Å². The van der Waals surface area contributed by atoms with Gasteiger partial charge in [-0.05, 0) is 37.1 Å². The van der Waals surface area contributed by atoms with Gasteiger partial charge < -0.3 is 5.32 Å². The summed E-state index contributed by atoms with van der Waals surface area (Å²) >= 11 is 0. The number of hydrogen-bond donors (Lipinski definition) is 1. The van der Waals surface area contributed by atoms with Gasteiger partial charge in [-0.25, -0.2) is 0 Å². The number of hydrogen-bond acceptors (Lipinski definition) is 1. The third-order valence-corrected chi connectivity index (χ3v) is 3.41. The monoisotopic (exact) mass is 239 g/mol. The van der Waals surface area contributed by atoms with Crippen molar-refractivity contribution in [2.24, 2.45) is 0 Å². The van der Waals surface area contributed by atoms with Crippen molar-refractivity contribution in [3.05, 3.63) is 70.8 Å². The summed E-state index contributed by atoms with van der Waals surface area (Å²) in [5.74, 6) is 0. The molecule has 1 atom stereocenters. The van der Waals surface area contributed by atoms with E-state index in [-0.39, 0.29) is 6.04 Å². The van der Waals surface area contributed by atoms with Crippen LogP contribution in [0.15, 0.2) is 48.5 Å². The zero-order valence-electron chi connectivity index (χ0n) is 11.4.